The molecule has 0 unspecified atom stereocenters. The van der Waals surface area contributed by atoms with E-state index in [1.165, 1.54) is 12.1 Å². The second kappa shape index (κ2) is 5.37. The molecule has 7 heteroatoms. The number of rotatable bonds is 5. The fourth-order valence-electron chi connectivity index (χ4n) is 1.17. The summed E-state index contributed by atoms with van der Waals surface area (Å²) in [7, 11) is 1.35. The lowest BCUT2D eigenvalue weighted by Gasteiger charge is -2.09. The van der Waals surface area contributed by atoms with Crippen LogP contribution in [0, 0.1) is 6.92 Å². The Hall–Kier alpha value is -1.27. The zero-order chi connectivity index (χ0) is 13.1. The van der Waals surface area contributed by atoms with E-state index in [2.05, 4.69) is 0 Å². The molecule has 0 aromatic heterocycles. The Kier molecular flexibility index (Phi) is 4.36. The molecule has 0 amide bonds. The summed E-state index contributed by atoms with van der Waals surface area (Å²) in [6, 6.07) is 4.48. The van der Waals surface area contributed by atoms with E-state index in [4.69, 9.17) is 20.5 Å². The number of hydrogen-bond donors (Lipinski definition) is 1. The quantitative estimate of drug-likeness (QED) is 0.830. The van der Waals surface area contributed by atoms with Gasteiger partial charge in [-0.05, 0) is 24.6 Å². The van der Waals surface area contributed by atoms with Crippen LogP contribution >= 0.6 is 10.7 Å². The number of carboxylic acid groups (broad SMARTS) is 1. The first-order valence-electron chi connectivity index (χ1n) is 4.70. The second-order valence-corrected chi connectivity index (χ2v) is 5.91. The lowest BCUT2D eigenvalue weighted by atomic mass is 10.2. The topological polar surface area (TPSA) is 80.7 Å². The maximum absolute atomic E-state index is 11.3. The first-order chi connectivity index (χ1) is 7.80. The third-order valence-corrected chi connectivity index (χ3v) is 3.28. The molecule has 0 aliphatic carbocycles. The molecule has 1 aromatic rings. The van der Waals surface area contributed by atoms with Crippen LogP contribution in [-0.4, -0.2) is 26.1 Å². The maximum Gasteiger partial charge on any atom is 0.306 e. The van der Waals surface area contributed by atoms with Crippen LogP contribution in [-0.2, 0) is 13.8 Å². The second-order valence-electron chi connectivity index (χ2n) is 3.38. The van der Waals surface area contributed by atoms with Crippen LogP contribution in [0.2, 0.25) is 0 Å². The molecule has 0 fully saturated rings. The number of carbonyl (C=O) groups is 1. The molecule has 0 heterocycles. The van der Waals surface area contributed by atoms with Gasteiger partial charge in [0.05, 0.1) is 13.0 Å². The van der Waals surface area contributed by atoms with Crippen molar-refractivity contribution in [1.82, 2.24) is 0 Å². The fraction of sp³-hybridized carbons (Fsp3) is 0.300. The van der Waals surface area contributed by atoms with Gasteiger partial charge >= 0.3 is 5.97 Å². The summed E-state index contributed by atoms with van der Waals surface area (Å²) < 4.78 is 27.6. The molecule has 1 rings (SSSR count). The number of ether oxygens (including phenoxy) is 1. The number of benzene rings is 1. The van der Waals surface area contributed by atoms with Crippen LogP contribution < -0.4 is 4.74 Å². The van der Waals surface area contributed by atoms with E-state index >= 15 is 0 Å². The zero-order valence-corrected chi connectivity index (χ0v) is 10.6. The number of aryl methyl sites for hydroxylation is 1. The standard InChI is InChI=1S/C10H11ClO5S/c1-7-2-3-8(16-5-4-10(12)13)9(6-7)17(11,14)15/h2-3,6H,4-5H2,1H3,(H,12,13). The minimum absolute atomic E-state index is 0.0619. The predicted octanol–water partition coefficient (Wildman–Crippen LogP) is 1.78. The number of carboxylic acids is 1. The van der Waals surface area contributed by atoms with Crippen molar-refractivity contribution in [2.24, 2.45) is 0 Å². The van der Waals surface area contributed by atoms with Crippen molar-refractivity contribution in [2.45, 2.75) is 18.2 Å². The highest BCUT2D eigenvalue weighted by Gasteiger charge is 2.17. The van der Waals surface area contributed by atoms with Gasteiger partial charge < -0.3 is 9.84 Å². The van der Waals surface area contributed by atoms with E-state index in [9.17, 15) is 13.2 Å². The fourth-order valence-corrected chi connectivity index (χ4v) is 2.23. The normalized spacial score (nSPS) is 11.2. The lowest BCUT2D eigenvalue weighted by molar-refractivity contribution is -0.137. The Morgan fingerprint density at radius 2 is 2.12 bits per heavy atom. The minimum atomic E-state index is -3.91. The molecule has 0 saturated carbocycles. The molecule has 0 radical (unpaired) electrons. The molecule has 0 aliphatic heterocycles. The Morgan fingerprint density at radius 1 is 1.47 bits per heavy atom. The van der Waals surface area contributed by atoms with E-state index < -0.39 is 15.0 Å². The molecule has 1 N–H and O–H groups in total. The molecular weight excluding hydrogens is 268 g/mol. The molecular formula is C10H11ClO5S. The van der Waals surface area contributed by atoms with Gasteiger partial charge in [-0.1, -0.05) is 6.07 Å². The number of aliphatic carboxylic acids is 1. The molecule has 0 atom stereocenters. The summed E-state index contributed by atoms with van der Waals surface area (Å²) in [6.45, 7) is 1.60. The average molecular weight is 279 g/mol. The van der Waals surface area contributed by atoms with Crippen LogP contribution in [0.3, 0.4) is 0 Å². The Labute approximate surface area is 103 Å². The maximum atomic E-state index is 11.3. The van der Waals surface area contributed by atoms with E-state index in [1.807, 2.05) is 0 Å². The van der Waals surface area contributed by atoms with Crippen molar-refractivity contribution in [3.63, 3.8) is 0 Å². The number of halogens is 1. The van der Waals surface area contributed by atoms with Gasteiger partial charge in [0.2, 0.25) is 0 Å². The van der Waals surface area contributed by atoms with Gasteiger partial charge in [-0.3, -0.25) is 4.79 Å². The Balaban J connectivity index is 2.95. The van der Waals surface area contributed by atoms with Gasteiger partial charge in [0.25, 0.3) is 9.05 Å². The van der Waals surface area contributed by atoms with Gasteiger partial charge in [0, 0.05) is 10.7 Å². The minimum Gasteiger partial charge on any atom is -0.492 e. The molecule has 0 aliphatic rings. The van der Waals surface area contributed by atoms with Crippen molar-refractivity contribution >= 4 is 25.7 Å². The summed E-state index contributed by atoms with van der Waals surface area (Å²) in [5, 5.41) is 8.44. The van der Waals surface area contributed by atoms with Crippen LogP contribution in [0.1, 0.15) is 12.0 Å². The summed E-state index contributed by atoms with van der Waals surface area (Å²) in [4.78, 5) is 10.2. The van der Waals surface area contributed by atoms with Crippen LogP contribution in [0.4, 0.5) is 0 Å². The van der Waals surface area contributed by atoms with Crippen molar-refractivity contribution in [2.75, 3.05) is 6.61 Å². The zero-order valence-electron chi connectivity index (χ0n) is 9.01. The highest BCUT2D eigenvalue weighted by molar-refractivity contribution is 8.13. The van der Waals surface area contributed by atoms with E-state index in [1.54, 1.807) is 13.0 Å². The van der Waals surface area contributed by atoms with E-state index in [-0.39, 0.29) is 23.7 Å². The molecule has 17 heavy (non-hydrogen) atoms. The molecule has 0 spiro atoms. The SMILES string of the molecule is Cc1ccc(OCCC(=O)O)c(S(=O)(=O)Cl)c1. The van der Waals surface area contributed by atoms with Gasteiger partial charge in [0.15, 0.2) is 0 Å². The first kappa shape index (κ1) is 13.8. The molecule has 1 aromatic carbocycles. The Morgan fingerprint density at radius 3 is 2.65 bits per heavy atom. The van der Waals surface area contributed by atoms with Gasteiger partial charge in [-0.2, -0.15) is 0 Å². The molecule has 94 valence electrons. The number of hydrogen-bond acceptors (Lipinski definition) is 4. The van der Waals surface area contributed by atoms with Crippen LogP contribution in [0.15, 0.2) is 23.1 Å². The van der Waals surface area contributed by atoms with E-state index in [0.717, 1.165) is 5.56 Å². The van der Waals surface area contributed by atoms with E-state index in [0.29, 0.717) is 0 Å². The smallest absolute Gasteiger partial charge is 0.306 e. The average Bonchev–Trinajstić information content (AvgIpc) is 2.18. The summed E-state index contributed by atoms with van der Waals surface area (Å²) in [5.74, 6) is -0.959. The monoisotopic (exact) mass is 278 g/mol. The van der Waals surface area contributed by atoms with Crippen molar-refractivity contribution < 1.29 is 23.1 Å². The van der Waals surface area contributed by atoms with Crippen LogP contribution in [0.5, 0.6) is 5.75 Å². The van der Waals surface area contributed by atoms with Crippen molar-refractivity contribution in [3.8, 4) is 5.75 Å². The molecule has 0 saturated heterocycles. The van der Waals surface area contributed by atoms with Gasteiger partial charge in [0.1, 0.15) is 10.6 Å². The van der Waals surface area contributed by atoms with Crippen molar-refractivity contribution in [1.29, 1.82) is 0 Å². The Bertz CT molecular complexity index is 523. The van der Waals surface area contributed by atoms with Gasteiger partial charge in [-0.25, -0.2) is 8.42 Å². The highest BCUT2D eigenvalue weighted by atomic mass is 35.7. The first-order valence-corrected chi connectivity index (χ1v) is 7.01. The third-order valence-electron chi connectivity index (χ3n) is 1.94. The van der Waals surface area contributed by atoms with Crippen molar-refractivity contribution in [3.05, 3.63) is 23.8 Å². The molecule has 0 bridgehead atoms. The lowest BCUT2D eigenvalue weighted by Crippen LogP contribution is -2.07. The largest absolute Gasteiger partial charge is 0.492 e. The van der Waals surface area contributed by atoms with Gasteiger partial charge in [-0.15, -0.1) is 0 Å². The third kappa shape index (κ3) is 4.24. The summed E-state index contributed by atoms with van der Waals surface area (Å²) in [6.07, 6.45) is -0.213. The van der Waals surface area contributed by atoms with Crippen LogP contribution in [0.25, 0.3) is 0 Å². The summed E-state index contributed by atoms with van der Waals surface area (Å²) in [5.41, 5.74) is 0.717. The summed E-state index contributed by atoms with van der Waals surface area (Å²) >= 11 is 0. The molecule has 5 nitrogen and oxygen atoms in total. The highest BCUT2D eigenvalue weighted by Crippen LogP contribution is 2.27. The predicted molar refractivity (Wildman–Crippen MR) is 62.0 cm³/mol.